The van der Waals surface area contributed by atoms with E-state index in [1.807, 2.05) is 0 Å². The maximum atomic E-state index is 11.8. The summed E-state index contributed by atoms with van der Waals surface area (Å²) in [5, 5.41) is 13.5. The Morgan fingerprint density at radius 1 is 1.21 bits per heavy atom. The molecule has 0 aromatic heterocycles. The molecule has 1 amide bonds. The second-order valence-electron chi connectivity index (χ2n) is 5.57. The van der Waals surface area contributed by atoms with Crippen LogP contribution in [-0.2, 0) is 11.2 Å². The number of carbonyl (C=O) groups excluding carboxylic acids is 1. The van der Waals surface area contributed by atoms with Gasteiger partial charge in [0.15, 0.2) is 0 Å². The topological polar surface area (TPSA) is 72.2 Å². The third kappa shape index (κ3) is 5.68. The summed E-state index contributed by atoms with van der Waals surface area (Å²) >= 11 is 0. The molecule has 1 N–H and O–H groups in total. The number of nitrogens with zero attached hydrogens (tertiary/aromatic N) is 1. The molecule has 24 heavy (non-hydrogen) atoms. The van der Waals surface area contributed by atoms with E-state index in [0.717, 1.165) is 12.8 Å². The van der Waals surface area contributed by atoms with Crippen molar-refractivity contribution in [3.05, 3.63) is 81.4 Å². The molecular weight excluding hydrogens is 304 g/mol. The first-order valence-electron chi connectivity index (χ1n) is 7.80. The molecule has 0 atom stereocenters. The van der Waals surface area contributed by atoms with Crippen LogP contribution in [0.1, 0.15) is 23.1 Å². The van der Waals surface area contributed by atoms with Gasteiger partial charge in [-0.1, -0.05) is 42.0 Å². The zero-order valence-electron chi connectivity index (χ0n) is 13.6. The molecule has 2 aromatic carbocycles. The maximum absolute atomic E-state index is 11.8. The van der Waals surface area contributed by atoms with Gasteiger partial charge in [0.1, 0.15) is 0 Å². The number of benzene rings is 2. The zero-order valence-corrected chi connectivity index (χ0v) is 13.6. The molecule has 0 aliphatic rings. The van der Waals surface area contributed by atoms with Gasteiger partial charge in [-0.3, -0.25) is 14.9 Å². The van der Waals surface area contributed by atoms with Gasteiger partial charge in [-0.05, 0) is 37.0 Å². The average Bonchev–Trinajstić information content (AvgIpc) is 2.58. The second-order valence-corrected chi connectivity index (χ2v) is 5.57. The van der Waals surface area contributed by atoms with E-state index in [4.69, 9.17) is 0 Å². The fourth-order valence-corrected chi connectivity index (χ4v) is 2.23. The minimum Gasteiger partial charge on any atom is -0.353 e. The zero-order chi connectivity index (χ0) is 17.4. The Kier molecular flexibility index (Phi) is 6.25. The van der Waals surface area contributed by atoms with Gasteiger partial charge < -0.3 is 5.32 Å². The minimum atomic E-state index is -0.456. The largest absolute Gasteiger partial charge is 0.353 e. The predicted molar refractivity (Wildman–Crippen MR) is 94.6 cm³/mol. The van der Waals surface area contributed by atoms with Crippen LogP contribution in [0.2, 0.25) is 0 Å². The lowest BCUT2D eigenvalue weighted by Crippen LogP contribution is -2.22. The van der Waals surface area contributed by atoms with Gasteiger partial charge in [0.2, 0.25) is 5.91 Å². The van der Waals surface area contributed by atoms with Crippen molar-refractivity contribution in [3.63, 3.8) is 0 Å². The first kappa shape index (κ1) is 17.4. The highest BCUT2D eigenvalue weighted by Crippen LogP contribution is 2.14. The van der Waals surface area contributed by atoms with Crippen LogP contribution in [0.3, 0.4) is 0 Å². The van der Waals surface area contributed by atoms with Gasteiger partial charge in [0, 0.05) is 24.8 Å². The van der Waals surface area contributed by atoms with Gasteiger partial charge >= 0.3 is 0 Å². The SMILES string of the molecule is Cc1ccc(CCCNC(=O)/C=C/c2cccc([N+](=O)[O-])c2)cc1. The van der Waals surface area contributed by atoms with Crippen LogP contribution < -0.4 is 5.32 Å². The van der Waals surface area contributed by atoms with Crippen molar-refractivity contribution in [1.82, 2.24) is 5.32 Å². The molecule has 2 aromatic rings. The standard InChI is InChI=1S/C19H20N2O3/c1-15-7-9-16(10-8-15)5-3-13-20-19(22)12-11-17-4-2-6-18(14-17)21(23)24/h2,4,6-12,14H,3,5,13H2,1H3,(H,20,22)/b12-11+. The van der Waals surface area contributed by atoms with E-state index in [0.29, 0.717) is 12.1 Å². The van der Waals surface area contributed by atoms with E-state index in [9.17, 15) is 14.9 Å². The van der Waals surface area contributed by atoms with E-state index in [2.05, 4.69) is 36.5 Å². The number of non-ortho nitro benzene ring substituents is 1. The normalized spacial score (nSPS) is 10.7. The third-order valence-electron chi connectivity index (χ3n) is 3.57. The highest BCUT2D eigenvalue weighted by Gasteiger charge is 2.04. The minimum absolute atomic E-state index is 0.00987. The summed E-state index contributed by atoms with van der Waals surface area (Å²) in [6, 6.07) is 14.5. The van der Waals surface area contributed by atoms with Crippen molar-refractivity contribution < 1.29 is 9.72 Å². The number of nitrogens with one attached hydrogen (secondary N) is 1. The van der Waals surface area contributed by atoms with Crippen LogP contribution in [0.4, 0.5) is 5.69 Å². The lowest BCUT2D eigenvalue weighted by atomic mass is 10.1. The van der Waals surface area contributed by atoms with E-state index in [1.165, 1.54) is 29.3 Å². The molecule has 0 unspecified atom stereocenters. The van der Waals surface area contributed by atoms with Crippen molar-refractivity contribution in [2.45, 2.75) is 19.8 Å². The summed E-state index contributed by atoms with van der Waals surface area (Å²) in [7, 11) is 0. The molecule has 124 valence electrons. The van der Waals surface area contributed by atoms with Gasteiger partial charge in [-0.2, -0.15) is 0 Å². The van der Waals surface area contributed by atoms with E-state index in [-0.39, 0.29) is 11.6 Å². The van der Waals surface area contributed by atoms with Crippen molar-refractivity contribution in [2.24, 2.45) is 0 Å². The number of hydrogen-bond acceptors (Lipinski definition) is 3. The fourth-order valence-electron chi connectivity index (χ4n) is 2.23. The molecule has 2 rings (SSSR count). The van der Waals surface area contributed by atoms with E-state index >= 15 is 0 Å². The number of aryl methyl sites for hydroxylation is 2. The molecule has 0 aliphatic heterocycles. The lowest BCUT2D eigenvalue weighted by molar-refractivity contribution is -0.384. The summed E-state index contributed by atoms with van der Waals surface area (Å²) in [5.74, 6) is -0.203. The average molecular weight is 324 g/mol. The quantitative estimate of drug-likeness (QED) is 0.365. The van der Waals surface area contributed by atoms with Crippen LogP contribution in [0.5, 0.6) is 0 Å². The van der Waals surface area contributed by atoms with Crippen molar-refractivity contribution >= 4 is 17.7 Å². The Labute approximate surface area is 141 Å². The maximum Gasteiger partial charge on any atom is 0.270 e. The molecule has 0 radical (unpaired) electrons. The summed E-state index contributed by atoms with van der Waals surface area (Å²) < 4.78 is 0. The van der Waals surface area contributed by atoms with Crippen molar-refractivity contribution in [3.8, 4) is 0 Å². The Morgan fingerprint density at radius 2 is 1.96 bits per heavy atom. The highest BCUT2D eigenvalue weighted by molar-refractivity contribution is 5.91. The number of carbonyl (C=O) groups is 1. The predicted octanol–water partition coefficient (Wildman–Crippen LogP) is 3.67. The molecule has 5 nitrogen and oxygen atoms in total. The van der Waals surface area contributed by atoms with E-state index in [1.54, 1.807) is 18.2 Å². The molecule has 5 heteroatoms. The molecule has 0 aliphatic carbocycles. The number of nitro benzene ring substituents is 1. The Bertz CT molecular complexity index is 737. The number of amides is 1. The molecule has 0 saturated carbocycles. The van der Waals surface area contributed by atoms with Gasteiger partial charge in [0.25, 0.3) is 5.69 Å². The van der Waals surface area contributed by atoms with Gasteiger partial charge in [-0.15, -0.1) is 0 Å². The highest BCUT2D eigenvalue weighted by atomic mass is 16.6. The molecule has 0 spiro atoms. The smallest absolute Gasteiger partial charge is 0.270 e. The molecule has 0 heterocycles. The summed E-state index contributed by atoms with van der Waals surface area (Å²) in [6.45, 7) is 2.64. The first-order valence-corrected chi connectivity index (χ1v) is 7.80. The van der Waals surface area contributed by atoms with Crippen molar-refractivity contribution in [2.75, 3.05) is 6.54 Å². The lowest BCUT2D eigenvalue weighted by Gasteiger charge is -2.03. The van der Waals surface area contributed by atoms with Gasteiger partial charge in [0.05, 0.1) is 4.92 Å². The summed E-state index contributed by atoms with van der Waals surface area (Å²) in [6.07, 6.45) is 4.74. The fraction of sp³-hybridized carbons (Fsp3) is 0.211. The Balaban J connectivity index is 1.75. The van der Waals surface area contributed by atoms with Crippen LogP contribution in [0, 0.1) is 17.0 Å². The second kappa shape index (κ2) is 8.62. The number of hydrogen-bond donors (Lipinski definition) is 1. The summed E-state index contributed by atoms with van der Waals surface area (Å²) in [4.78, 5) is 22.0. The third-order valence-corrected chi connectivity index (χ3v) is 3.57. The van der Waals surface area contributed by atoms with Crippen LogP contribution in [0.25, 0.3) is 6.08 Å². The molecule has 0 saturated heterocycles. The van der Waals surface area contributed by atoms with Crippen LogP contribution in [0.15, 0.2) is 54.6 Å². The molecular formula is C19H20N2O3. The van der Waals surface area contributed by atoms with Crippen molar-refractivity contribution in [1.29, 1.82) is 0 Å². The van der Waals surface area contributed by atoms with Gasteiger partial charge in [-0.25, -0.2) is 0 Å². The monoisotopic (exact) mass is 324 g/mol. The van der Waals surface area contributed by atoms with Crippen LogP contribution >= 0.6 is 0 Å². The Hall–Kier alpha value is -2.95. The van der Waals surface area contributed by atoms with E-state index < -0.39 is 4.92 Å². The summed E-state index contributed by atoms with van der Waals surface area (Å²) in [5.41, 5.74) is 3.12. The Morgan fingerprint density at radius 3 is 2.67 bits per heavy atom. The van der Waals surface area contributed by atoms with Crippen LogP contribution in [-0.4, -0.2) is 17.4 Å². The number of nitro groups is 1. The molecule has 0 fully saturated rings. The number of rotatable bonds is 7. The molecule has 0 bridgehead atoms. The first-order chi connectivity index (χ1) is 11.5.